The quantitative estimate of drug-likeness (QED) is 0.294. The third-order valence-electron chi connectivity index (χ3n) is 4.03. The van der Waals surface area contributed by atoms with Crippen LogP contribution in [0, 0.1) is 0 Å². The number of nitrogens with one attached hydrogen (secondary N) is 1. The van der Waals surface area contributed by atoms with Crippen LogP contribution < -0.4 is 5.32 Å². The molecule has 0 atom stereocenters. The van der Waals surface area contributed by atoms with Crippen molar-refractivity contribution in [2.45, 2.75) is 12.7 Å². The number of pyridine rings is 1. The lowest BCUT2D eigenvalue weighted by molar-refractivity contribution is 0.475. The smallest absolute Gasteiger partial charge is 0.159 e. The van der Waals surface area contributed by atoms with Crippen LogP contribution in [0.2, 0.25) is 0 Å². The molecule has 0 unspecified atom stereocenters. The molecular formula is C25H28N4OS. The lowest BCUT2D eigenvalue weighted by Gasteiger charge is -2.06. The molecule has 0 fully saturated rings. The highest BCUT2D eigenvalue weighted by Crippen LogP contribution is 2.24. The summed E-state index contributed by atoms with van der Waals surface area (Å²) >= 11 is 4.29. The molecule has 5 nitrogen and oxygen atoms in total. The number of benzene rings is 2. The van der Waals surface area contributed by atoms with E-state index in [0.29, 0.717) is 5.82 Å². The monoisotopic (exact) mass is 432 g/mol. The molecule has 0 saturated carbocycles. The molecule has 0 bridgehead atoms. The van der Waals surface area contributed by atoms with E-state index in [2.05, 4.69) is 63.7 Å². The van der Waals surface area contributed by atoms with Crippen LogP contribution in [0.15, 0.2) is 79.6 Å². The molecule has 0 aliphatic heterocycles. The third kappa shape index (κ3) is 6.91. The van der Waals surface area contributed by atoms with Crippen molar-refractivity contribution in [2.75, 3.05) is 14.1 Å². The van der Waals surface area contributed by atoms with Gasteiger partial charge in [0.1, 0.15) is 11.3 Å². The molecule has 2 aromatic carbocycles. The molecule has 0 aliphatic carbocycles. The first-order chi connectivity index (χ1) is 15.1. The zero-order chi connectivity index (χ0) is 22.6. The van der Waals surface area contributed by atoms with E-state index in [0.717, 1.165) is 33.5 Å². The fourth-order valence-corrected chi connectivity index (χ4v) is 2.84. The largest absolute Gasteiger partial charge is 0.508 e. The van der Waals surface area contributed by atoms with Crippen LogP contribution in [0.3, 0.4) is 0 Å². The Morgan fingerprint density at radius 2 is 1.48 bits per heavy atom. The summed E-state index contributed by atoms with van der Waals surface area (Å²) in [5.41, 5.74) is 5.66. The van der Waals surface area contributed by atoms with Crippen LogP contribution in [-0.2, 0) is 5.75 Å². The number of hydrogen-bond acceptors (Lipinski definition) is 6. The van der Waals surface area contributed by atoms with E-state index >= 15 is 0 Å². The molecule has 31 heavy (non-hydrogen) atoms. The van der Waals surface area contributed by atoms with Crippen LogP contribution in [0.1, 0.15) is 12.5 Å². The van der Waals surface area contributed by atoms with Crippen molar-refractivity contribution in [3.05, 3.63) is 85.2 Å². The fourth-order valence-electron chi connectivity index (χ4n) is 2.63. The maximum atomic E-state index is 9.42. The summed E-state index contributed by atoms with van der Waals surface area (Å²) in [5, 5.41) is 12.2. The number of fused-ring (bicyclic) bond motifs is 1. The maximum absolute atomic E-state index is 9.42. The minimum atomic E-state index is 0.221. The Hall–Kier alpha value is -3.22. The zero-order valence-corrected chi connectivity index (χ0v) is 19.0. The summed E-state index contributed by atoms with van der Waals surface area (Å²) < 4.78 is 0. The maximum Gasteiger partial charge on any atom is 0.159 e. The van der Waals surface area contributed by atoms with Gasteiger partial charge >= 0.3 is 0 Å². The van der Waals surface area contributed by atoms with Gasteiger partial charge < -0.3 is 10.4 Å². The molecule has 160 valence electrons. The van der Waals surface area contributed by atoms with Gasteiger partial charge in [0.15, 0.2) is 5.82 Å². The van der Waals surface area contributed by atoms with Crippen LogP contribution in [0.4, 0.5) is 0 Å². The van der Waals surface area contributed by atoms with Crippen molar-refractivity contribution in [2.24, 2.45) is 0 Å². The van der Waals surface area contributed by atoms with Crippen LogP contribution >= 0.6 is 12.6 Å². The van der Waals surface area contributed by atoms with Crippen molar-refractivity contribution in [1.29, 1.82) is 0 Å². The van der Waals surface area contributed by atoms with Gasteiger partial charge in [-0.3, -0.25) is 4.98 Å². The number of aromatic nitrogens is 3. The second kappa shape index (κ2) is 12.5. The molecule has 0 aliphatic rings. The first-order valence-electron chi connectivity index (χ1n) is 9.84. The Labute approximate surface area is 189 Å². The van der Waals surface area contributed by atoms with E-state index in [-0.39, 0.29) is 5.75 Å². The molecule has 4 rings (SSSR count). The summed E-state index contributed by atoms with van der Waals surface area (Å²) in [6.45, 7) is 5.25. The Balaban J connectivity index is 0.000000513. The topological polar surface area (TPSA) is 70.9 Å². The first-order valence-corrected chi connectivity index (χ1v) is 10.5. The minimum absolute atomic E-state index is 0.221. The second-order valence-corrected chi connectivity index (χ2v) is 6.95. The average Bonchev–Trinajstić information content (AvgIpc) is 2.80. The predicted molar refractivity (Wildman–Crippen MR) is 133 cm³/mol. The highest BCUT2D eigenvalue weighted by atomic mass is 32.1. The summed E-state index contributed by atoms with van der Waals surface area (Å²) in [7, 11) is 3.75. The number of phenols is 1. The molecule has 2 aromatic heterocycles. The van der Waals surface area contributed by atoms with Gasteiger partial charge in [-0.05, 0) is 62.5 Å². The normalized spacial score (nSPS) is 9.81. The van der Waals surface area contributed by atoms with E-state index < -0.39 is 0 Å². The van der Waals surface area contributed by atoms with E-state index in [4.69, 9.17) is 0 Å². The van der Waals surface area contributed by atoms with Gasteiger partial charge in [0.25, 0.3) is 0 Å². The molecule has 0 amide bonds. The molecule has 2 N–H and O–H groups in total. The number of phenolic OH excluding ortho intramolecular Hbond substituents is 1. The van der Waals surface area contributed by atoms with Crippen molar-refractivity contribution in [3.63, 3.8) is 0 Å². The van der Waals surface area contributed by atoms with Crippen molar-refractivity contribution < 1.29 is 5.11 Å². The molecule has 6 heteroatoms. The number of allylic oxidation sites excluding steroid dienone is 1. The van der Waals surface area contributed by atoms with Gasteiger partial charge in [-0.1, -0.05) is 30.3 Å². The number of rotatable bonds is 3. The van der Waals surface area contributed by atoms with E-state index in [9.17, 15) is 5.11 Å². The highest BCUT2D eigenvalue weighted by Gasteiger charge is 2.06. The van der Waals surface area contributed by atoms with Crippen LogP contribution in [0.5, 0.6) is 5.75 Å². The summed E-state index contributed by atoms with van der Waals surface area (Å²) in [5.74, 6) is 1.55. The van der Waals surface area contributed by atoms with Crippen molar-refractivity contribution in [1.82, 2.24) is 20.3 Å². The summed E-state index contributed by atoms with van der Waals surface area (Å²) in [4.78, 5) is 13.5. The van der Waals surface area contributed by atoms with Gasteiger partial charge in [-0.25, -0.2) is 9.97 Å². The van der Waals surface area contributed by atoms with Gasteiger partial charge in [-0.2, -0.15) is 12.6 Å². The number of thiol groups is 1. The average molecular weight is 433 g/mol. The number of hydrogen-bond donors (Lipinski definition) is 3. The van der Waals surface area contributed by atoms with Gasteiger partial charge in [0.2, 0.25) is 0 Å². The van der Waals surface area contributed by atoms with Gasteiger partial charge in [-0.15, -0.1) is 6.58 Å². The van der Waals surface area contributed by atoms with Crippen LogP contribution in [0.25, 0.3) is 33.5 Å². The number of nitrogens with zero attached hydrogens (tertiary/aromatic N) is 3. The molecule has 0 spiro atoms. The number of aromatic hydroxyl groups is 1. The summed E-state index contributed by atoms with van der Waals surface area (Å²) in [6, 6.07) is 17.1. The Morgan fingerprint density at radius 1 is 0.903 bits per heavy atom. The van der Waals surface area contributed by atoms with Gasteiger partial charge in [0, 0.05) is 23.1 Å². The standard InChI is InChI=1S/C20H15N3OS.C3H6.C2H7N/c24-17-7-5-15(6-8-17)20-22-11-19-18(23-20)9-16(10-21-19)14-3-1-13(12-25)2-4-14;2*1-3-2/h1-11,24-25H,12H2;3H,1H2,2H3;3H,1-2H3. The Morgan fingerprint density at radius 3 is 2.06 bits per heavy atom. The van der Waals surface area contributed by atoms with Crippen LogP contribution in [-0.4, -0.2) is 34.2 Å². The Bertz CT molecular complexity index is 1100. The zero-order valence-electron chi connectivity index (χ0n) is 18.1. The van der Waals surface area contributed by atoms with Crippen molar-refractivity contribution >= 4 is 23.7 Å². The lowest BCUT2D eigenvalue weighted by Crippen LogP contribution is -1.92. The predicted octanol–water partition coefficient (Wildman–Crippen LogP) is 5.52. The highest BCUT2D eigenvalue weighted by molar-refractivity contribution is 7.79. The van der Waals surface area contributed by atoms with Crippen molar-refractivity contribution in [3.8, 4) is 28.3 Å². The van der Waals surface area contributed by atoms with E-state index in [1.165, 1.54) is 5.56 Å². The van der Waals surface area contributed by atoms with E-state index in [1.807, 2.05) is 33.3 Å². The molecular weight excluding hydrogens is 404 g/mol. The molecule has 2 heterocycles. The molecule has 0 saturated heterocycles. The second-order valence-electron chi connectivity index (χ2n) is 6.63. The molecule has 0 radical (unpaired) electrons. The summed E-state index contributed by atoms with van der Waals surface area (Å²) in [6.07, 6.45) is 5.31. The van der Waals surface area contributed by atoms with Gasteiger partial charge in [0.05, 0.1) is 11.7 Å². The SMILES string of the molecule is C=CC.CNC.Oc1ccc(-c2ncc3ncc(-c4ccc(CS)cc4)cc3n2)cc1. The minimum Gasteiger partial charge on any atom is -0.508 e. The lowest BCUT2D eigenvalue weighted by atomic mass is 10.1. The fraction of sp³-hybridized carbons (Fsp3) is 0.160. The molecule has 4 aromatic rings. The van der Waals surface area contributed by atoms with E-state index in [1.54, 1.807) is 36.5 Å². The third-order valence-corrected chi connectivity index (χ3v) is 4.39. The Kier molecular flexibility index (Phi) is 9.68. The first kappa shape index (κ1) is 24.1.